The highest BCUT2D eigenvalue weighted by Crippen LogP contribution is 2.46. The second-order valence-corrected chi connectivity index (χ2v) is 8.33. The van der Waals surface area contributed by atoms with Gasteiger partial charge in [0.25, 0.3) is 0 Å². The Morgan fingerprint density at radius 2 is 1.92 bits per heavy atom. The standard InChI is InChI=1S/C20H34O4/c1-15(2)20-12-10-18(3,23)9-5-6-16(14-21)7-8-17(22)19(4,24-20)11-13-20/h6,10,12,15,17,21-23H,5,7-9,11,13-14H2,1-4H3/b12-10-,16-6?/t17-,18+,19-,20-/m0/s1. The van der Waals surface area contributed by atoms with Gasteiger partial charge in [-0.05, 0) is 63.9 Å². The van der Waals surface area contributed by atoms with E-state index in [1.165, 1.54) is 0 Å². The fourth-order valence-electron chi connectivity index (χ4n) is 3.78. The van der Waals surface area contributed by atoms with E-state index in [1.807, 2.05) is 32.1 Å². The first-order valence-corrected chi connectivity index (χ1v) is 9.22. The van der Waals surface area contributed by atoms with Gasteiger partial charge in [0.05, 0.1) is 29.5 Å². The van der Waals surface area contributed by atoms with Gasteiger partial charge < -0.3 is 20.1 Å². The van der Waals surface area contributed by atoms with Crippen molar-refractivity contribution >= 4 is 0 Å². The lowest BCUT2D eigenvalue weighted by atomic mass is 9.83. The van der Waals surface area contributed by atoms with Gasteiger partial charge in [0, 0.05) is 0 Å². The molecule has 2 heterocycles. The Labute approximate surface area is 146 Å². The number of fused-ring (bicyclic) bond motifs is 2. The van der Waals surface area contributed by atoms with E-state index in [1.54, 1.807) is 0 Å². The lowest BCUT2D eigenvalue weighted by molar-refractivity contribution is -0.145. The fourth-order valence-corrected chi connectivity index (χ4v) is 3.78. The maximum Gasteiger partial charge on any atom is 0.0925 e. The van der Waals surface area contributed by atoms with Crippen LogP contribution in [0.25, 0.3) is 0 Å². The highest BCUT2D eigenvalue weighted by molar-refractivity contribution is 5.16. The number of hydrogen-bond donors (Lipinski definition) is 3. The Hall–Kier alpha value is -0.680. The summed E-state index contributed by atoms with van der Waals surface area (Å²) in [5.74, 6) is 0.259. The van der Waals surface area contributed by atoms with Gasteiger partial charge in [0.1, 0.15) is 0 Å². The molecule has 0 aliphatic carbocycles. The number of allylic oxidation sites excluding steroid dienone is 1. The Balaban J connectivity index is 2.34. The van der Waals surface area contributed by atoms with Gasteiger partial charge in [-0.25, -0.2) is 0 Å². The van der Waals surface area contributed by atoms with Gasteiger partial charge >= 0.3 is 0 Å². The zero-order valence-corrected chi connectivity index (χ0v) is 15.6. The van der Waals surface area contributed by atoms with Crippen LogP contribution in [-0.4, -0.2) is 44.8 Å². The number of aliphatic hydroxyl groups is 3. The minimum absolute atomic E-state index is 0.00178. The van der Waals surface area contributed by atoms with Gasteiger partial charge in [0.2, 0.25) is 0 Å². The Kier molecular flexibility index (Phi) is 5.96. The third kappa shape index (κ3) is 4.29. The topological polar surface area (TPSA) is 69.9 Å². The van der Waals surface area contributed by atoms with Crippen LogP contribution in [0.15, 0.2) is 23.8 Å². The molecule has 0 aromatic rings. The van der Waals surface area contributed by atoms with E-state index in [2.05, 4.69) is 13.8 Å². The molecule has 0 aromatic carbocycles. The lowest BCUT2D eigenvalue weighted by Crippen LogP contribution is -2.44. The molecule has 4 nitrogen and oxygen atoms in total. The van der Waals surface area contributed by atoms with Crippen LogP contribution in [0.1, 0.15) is 66.2 Å². The summed E-state index contributed by atoms with van der Waals surface area (Å²) < 4.78 is 6.46. The summed E-state index contributed by atoms with van der Waals surface area (Å²) in [6.07, 6.45) is 9.47. The van der Waals surface area contributed by atoms with Crippen LogP contribution in [-0.2, 0) is 4.74 Å². The van der Waals surface area contributed by atoms with E-state index in [-0.39, 0.29) is 12.5 Å². The highest BCUT2D eigenvalue weighted by Gasteiger charge is 2.50. The molecular weight excluding hydrogens is 304 g/mol. The zero-order chi connectivity index (χ0) is 18.0. The van der Waals surface area contributed by atoms with Crippen LogP contribution >= 0.6 is 0 Å². The molecule has 2 aliphatic rings. The first-order valence-electron chi connectivity index (χ1n) is 9.22. The van der Waals surface area contributed by atoms with Gasteiger partial charge in [-0.1, -0.05) is 32.1 Å². The third-order valence-corrected chi connectivity index (χ3v) is 5.87. The molecule has 0 spiro atoms. The van der Waals surface area contributed by atoms with Gasteiger partial charge in [-0.3, -0.25) is 0 Å². The molecule has 3 N–H and O–H groups in total. The largest absolute Gasteiger partial charge is 0.392 e. The van der Waals surface area contributed by atoms with Crippen LogP contribution in [0.5, 0.6) is 0 Å². The van der Waals surface area contributed by atoms with Crippen molar-refractivity contribution in [3.8, 4) is 0 Å². The molecule has 4 atom stereocenters. The normalized spacial score (nSPS) is 42.8. The van der Waals surface area contributed by atoms with Crippen LogP contribution in [0, 0.1) is 5.92 Å². The Bertz CT molecular complexity index is 494. The van der Waals surface area contributed by atoms with Crippen molar-refractivity contribution < 1.29 is 20.1 Å². The minimum atomic E-state index is -0.909. The lowest BCUT2D eigenvalue weighted by Gasteiger charge is -2.37. The molecule has 0 amide bonds. The number of aliphatic hydroxyl groups excluding tert-OH is 2. The monoisotopic (exact) mass is 338 g/mol. The average Bonchev–Trinajstić information content (AvgIpc) is 2.88. The molecule has 1 saturated heterocycles. The van der Waals surface area contributed by atoms with Crippen molar-refractivity contribution in [3.63, 3.8) is 0 Å². The molecule has 4 heteroatoms. The van der Waals surface area contributed by atoms with Crippen molar-refractivity contribution in [1.29, 1.82) is 0 Å². The summed E-state index contributed by atoms with van der Waals surface area (Å²) in [6, 6.07) is 0. The van der Waals surface area contributed by atoms with Crippen LogP contribution in [0.3, 0.4) is 0 Å². The van der Waals surface area contributed by atoms with Crippen molar-refractivity contribution in [1.82, 2.24) is 0 Å². The molecule has 2 rings (SSSR count). The quantitative estimate of drug-likeness (QED) is 0.677. The fraction of sp³-hybridized carbons (Fsp3) is 0.800. The molecule has 0 aromatic heterocycles. The molecule has 1 fully saturated rings. The molecule has 0 radical (unpaired) electrons. The highest BCUT2D eigenvalue weighted by atomic mass is 16.5. The van der Waals surface area contributed by atoms with Crippen LogP contribution < -0.4 is 0 Å². The molecular formula is C20H34O4. The molecule has 0 saturated carbocycles. The first-order chi connectivity index (χ1) is 11.1. The molecule has 2 aliphatic heterocycles. The van der Waals surface area contributed by atoms with Crippen molar-refractivity contribution in [2.75, 3.05) is 6.61 Å². The molecule has 24 heavy (non-hydrogen) atoms. The van der Waals surface area contributed by atoms with E-state index in [4.69, 9.17) is 4.74 Å². The van der Waals surface area contributed by atoms with Crippen LogP contribution in [0.2, 0.25) is 0 Å². The minimum Gasteiger partial charge on any atom is -0.392 e. The molecule has 138 valence electrons. The smallest absolute Gasteiger partial charge is 0.0925 e. The summed E-state index contributed by atoms with van der Waals surface area (Å²) in [5, 5.41) is 30.9. The van der Waals surface area contributed by atoms with E-state index in [0.29, 0.717) is 25.7 Å². The van der Waals surface area contributed by atoms with E-state index >= 15 is 0 Å². The third-order valence-electron chi connectivity index (χ3n) is 5.87. The van der Waals surface area contributed by atoms with E-state index < -0.39 is 22.9 Å². The van der Waals surface area contributed by atoms with Crippen molar-refractivity contribution in [3.05, 3.63) is 23.8 Å². The predicted octanol–water partition coefficient (Wildman–Crippen LogP) is 3.11. The summed E-state index contributed by atoms with van der Waals surface area (Å²) in [7, 11) is 0. The number of hydrogen-bond acceptors (Lipinski definition) is 4. The Morgan fingerprint density at radius 1 is 1.21 bits per heavy atom. The molecule has 2 bridgehead atoms. The van der Waals surface area contributed by atoms with Crippen molar-refractivity contribution in [2.24, 2.45) is 5.92 Å². The van der Waals surface area contributed by atoms with Crippen molar-refractivity contribution in [2.45, 2.75) is 89.1 Å². The second-order valence-electron chi connectivity index (χ2n) is 8.33. The maximum absolute atomic E-state index is 10.7. The average molecular weight is 338 g/mol. The van der Waals surface area contributed by atoms with E-state index in [0.717, 1.165) is 18.4 Å². The summed E-state index contributed by atoms with van der Waals surface area (Å²) in [4.78, 5) is 0. The zero-order valence-electron chi connectivity index (χ0n) is 15.6. The predicted molar refractivity (Wildman–Crippen MR) is 95.7 cm³/mol. The SMILES string of the molecule is CC(C)[C@]12/C=C\[C@](C)(O)CCC=C(CO)CC[C@H](O)[C@](C)(CC1)O2. The molecule has 0 unspecified atom stereocenters. The number of ether oxygens (including phenoxy) is 1. The summed E-state index contributed by atoms with van der Waals surface area (Å²) in [6.45, 7) is 8.04. The summed E-state index contributed by atoms with van der Waals surface area (Å²) >= 11 is 0. The second kappa shape index (κ2) is 7.28. The summed E-state index contributed by atoms with van der Waals surface area (Å²) in [5.41, 5.74) is -1.02. The van der Waals surface area contributed by atoms with Gasteiger partial charge in [0.15, 0.2) is 0 Å². The number of rotatable bonds is 2. The van der Waals surface area contributed by atoms with Crippen LogP contribution in [0.4, 0.5) is 0 Å². The maximum atomic E-state index is 10.7. The van der Waals surface area contributed by atoms with Gasteiger partial charge in [-0.2, -0.15) is 0 Å². The van der Waals surface area contributed by atoms with Gasteiger partial charge in [-0.15, -0.1) is 0 Å². The van der Waals surface area contributed by atoms with E-state index in [9.17, 15) is 15.3 Å². The Morgan fingerprint density at radius 3 is 2.54 bits per heavy atom. The first kappa shape index (κ1) is 19.6.